The third-order valence-corrected chi connectivity index (χ3v) is 17.9. The molecule has 1 amide bonds. The van der Waals surface area contributed by atoms with Crippen LogP contribution in [0.15, 0.2) is 171 Å². The number of benzene rings is 4. The standard InChI is InChI=1S/C76H96N12O19/c1-11-20-46-21-15-16-22-47(46)30-33-56(89)82-60-44(9)107-76(105)62(63(91)40(4)5)86-66(94)53(35-39(2)3)81-72(100)73(101)87-67(95)54(36-49-37-77-52-26-18-17-25-51(49)52)80-70(98)58(41(6)45-28-31-50(106-10)32-29-45)85-68(96)55-27-19-34-88(55)74(102)61(64(92)48-23-13-12-14-24-48)83-57(90)38-78-69(97)59(42(7)75(103)104)84-65(93)43(8)79-71(60)99/h11-18,20-26,28-33,37,39-44,53-55,58-64,73,77,91-92,101H,19,27,34-36,38H2,1-10H3,(H,78,97)(H,79,99)(H,80,98)(H,81,100)(H,82,89)(H,83,90)(H,84,93)(H,85,96)(H,86,94)(H,87,95)(H,103,104)/b20-11-,33-30+/t41-,42-,43-,44+,53+,54+,55-,58-,59-,60?,61-,62+,63-,64-,73-/m0/s1. The number of hydrogen-bond donors (Lipinski definition) is 15. The van der Waals surface area contributed by atoms with Gasteiger partial charge in [0.25, 0.3) is 5.91 Å². The molecular weight excluding hydrogens is 1380 g/mol. The van der Waals surface area contributed by atoms with Crippen molar-refractivity contribution in [1.29, 1.82) is 0 Å². The number of aromatic amines is 1. The quantitative estimate of drug-likeness (QED) is 0.0234. The lowest BCUT2D eigenvalue weighted by Gasteiger charge is -2.29. The van der Waals surface area contributed by atoms with Crippen molar-refractivity contribution in [1.82, 2.24) is 9.88 Å². The summed E-state index contributed by atoms with van der Waals surface area (Å²) in [6.45, 7) is 12.2. The number of aliphatic hydroxyl groups is 13. The summed E-state index contributed by atoms with van der Waals surface area (Å²) in [5, 5.41) is 165. The number of carboxylic acid groups (broad SMARTS) is 1. The molecule has 0 saturated carbocycles. The lowest BCUT2D eigenvalue weighted by atomic mass is 9.93. The summed E-state index contributed by atoms with van der Waals surface area (Å²) >= 11 is 0. The van der Waals surface area contributed by atoms with Gasteiger partial charge in [0.15, 0.2) is 18.1 Å². The van der Waals surface area contributed by atoms with Gasteiger partial charge in [0, 0.05) is 42.1 Å². The van der Waals surface area contributed by atoms with Crippen LogP contribution in [0, 0.1) is 17.8 Å². The smallest absolute Gasteiger partial charge is 0.334 e. The molecule has 107 heavy (non-hydrogen) atoms. The second kappa shape index (κ2) is 38.6. The zero-order valence-corrected chi connectivity index (χ0v) is 61.0. The topological polar surface area (TPSA) is 496 Å². The van der Waals surface area contributed by atoms with Crippen LogP contribution in [-0.2, 0) is 25.5 Å². The SMILES string of the molecule is C/C=C\c1ccccc1/C=C/C(O)=NC1C(O)=N[C@@H](C)C(O)=N[C@@H]([C@H](C)C(=O)O)C(O)=NCC(O)=N[C@@H]([C@@H](O)c2ccccc2)C(=O)N2CCC[C@H]2C(O)=N[C@@H]([C@@H](C)c2ccc(OC)cc2)C(O)=N[C@H](Cc2c[nH]c3ccccc23)C(O)=N[C@@H](O)C(O)=N[C@H](CC(C)C)C(O)=N[C@H]([C@@H](O)C(C)C)C(=O)O[C@@H]1C. The number of carbonyl (C=O) groups is 3. The number of aliphatic hydroxyl groups excluding tert-OH is 13. The number of carboxylic acids is 1. The van der Waals surface area contributed by atoms with Crippen molar-refractivity contribution in [2.45, 2.75) is 173 Å². The third kappa shape index (κ3) is 22.4. The molecule has 31 nitrogen and oxygen atoms in total. The van der Waals surface area contributed by atoms with E-state index in [4.69, 9.17) is 9.47 Å². The van der Waals surface area contributed by atoms with E-state index in [9.17, 15) is 81.1 Å². The molecule has 0 aliphatic carbocycles. The highest BCUT2D eigenvalue weighted by Crippen LogP contribution is 2.31. The van der Waals surface area contributed by atoms with Crippen LogP contribution in [0.25, 0.3) is 23.1 Å². The maximum atomic E-state index is 15.1. The molecule has 1 aromatic heterocycles. The Morgan fingerprint density at radius 2 is 1.28 bits per heavy atom. The number of amides is 1. The number of aliphatic imine (C=N–C) groups is 10. The summed E-state index contributed by atoms with van der Waals surface area (Å²) in [5.74, 6) is -17.0. The lowest BCUT2D eigenvalue weighted by molar-refractivity contribution is -0.153. The maximum Gasteiger partial charge on any atom is 0.334 e. The molecule has 1 saturated heterocycles. The Morgan fingerprint density at radius 1 is 0.664 bits per heavy atom. The number of H-pyrrole nitrogens is 1. The van der Waals surface area contributed by atoms with E-state index in [-0.39, 0.29) is 43.7 Å². The fourth-order valence-electron chi connectivity index (χ4n) is 11.8. The molecule has 0 spiro atoms. The van der Waals surface area contributed by atoms with Crippen LogP contribution in [0.5, 0.6) is 5.75 Å². The van der Waals surface area contributed by atoms with Gasteiger partial charge in [-0.05, 0) is 111 Å². The Hall–Kier alpha value is -11.3. The van der Waals surface area contributed by atoms with Crippen molar-refractivity contribution in [2.24, 2.45) is 67.7 Å². The van der Waals surface area contributed by atoms with Gasteiger partial charge in [-0.3, -0.25) is 9.59 Å². The molecule has 31 heteroatoms. The van der Waals surface area contributed by atoms with E-state index in [0.29, 0.717) is 33.3 Å². The molecule has 5 aromatic rings. The predicted molar refractivity (Wildman–Crippen MR) is 410 cm³/mol. The van der Waals surface area contributed by atoms with Gasteiger partial charge in [-0.25, -0.2) is 54.7 Å². The number of ether oxygens (including phenoxy) is 2. The minimum atomic E-state index is -2.45. The normalized spacial score (nSPS) is 25.0. The Morgan fingerprint density at radius 3 is 1.93 bits per heavy atom. The Kier molecular flexibility index (Phi) is 30.0. The maximum absolute atomic E-state index is 15.1. The first-order valence-electron chi connectivity index (χ1n) is 34.9. The second-order valence-electron chi connectivity index (χ2n) is 26.7. The zero-order chi connectivity index (χ0) is 78.5. The van der Waals surface area contributed by atoms with E-state index >= 15 is 4.79 Å². The molecule has 0 bridgehead atoms. The average molecular weight is 1480 g/mol. The number of aromatic nitrogens is 1. The van der Waals surface area contributed by atoms with E-state index in [1.165, 1.54) is 46.1 Å². The summed E-state index contributed by atoms with van der Waals surface area (Å²) in [4.78, 5) is 88.6. The van der Waals surface area contributed by atoms with Crippen LogP contribution < -0.4 is 4.74 Å². The Bertz CT molecular complexity index is 4260. The first-order valence-corrected chi connectivity index (χ1v) is 34.9. The number of nitrogens with zero attached hydrogens (tertiary/aromatic N) is 11. The summed E-state index contributed by atoms with van der Waals surface area (Å²) in [6, 6.07) is 12.7. The van der Waals surface area contributed by atoms with Crippen LogP contribution in [0.4, 0.5) is 0 Å². The number of cyclic esters (lactones) is 1. The van der Waals surface area contributed by atoms with Crippen LogP contribution in [0.3, 0.4) is 0 Å². The van der Waals surface area contributed by atoms with Crippen molar-refractivity contribution < 1.29 is 95.3 Å². The van der Waals surface area contributed by atoms with E-state index in [1.807, 2.05) is 0 Å². The highest BCUT2D eigenvalue weighted by atomic mass is 16.5. The zero-order valence-electron chi connectivity index (χ0n) is 61.0. The van der Waals surface area contributed by atoms with Crippen molar-refractivity contribution in [3.63, 3.8) is 0 Å². The molecule has 2 aliphatic heterocycles. The summed E-state index contributed by atoms with van der Waals surface area (Å²) in [6.07, 6.45) is -0.0623. The van der Waals surface area contributed by atoms with Crippen LogP contribution in [-0.4, -0.2) is 251 Å². The Balaban J connectivity index is 1.45. The van der Waals surface area contributed by atoms with Gasteiger partial charge >= 0.3 is 11.9 Å². The van der Waals surface area contributed by atoms with E-state index in [0.717, 1.165) is 30.4 Å². The molecule has 2 aliphatic rings. The molecule has 3 heterocycles. The molecule has 0 radical (unpaired) electrons. The molecule has 7 rings (SSSR count). The number of allylic oxidation sites excluding steroid dienone is 1. The van der Waals surface area contributed by atoms with Crippen molar-refractivity contribution >= 4 is 99.9 Å². The minimum absolute atomic E-state index is 0.0428. The van der Waals surface area contributed by atoms with Gasteiger partial charge in [0.2, 0.25) is 65.2 Å². The summed E-state index contributed by atoms with van der Waals surface area (Å²) in [7, 11) is 1.46. The number of methoxy groups -OCH3 is 1. The number of aliphatic carboxylic acids is 1. The number of para-hydroxylation sites is 1. The summed E-state index contributed by atoms with van der Waals surface area (Å²) in [5.41, 5.74) is 3.16. The largest absolute Gasteiger partial charge is 0.497 e. The molecular formula is C76H96N12O19. The van der Waals surface area contributed by atoms with Crippen LogP contribution >= 0.6 is 0 Å². The van der Waals surface area contributed by atoms with Crippen LogP contribution in [0.1, 0.15) is 121 Å². The lowest BCUT2D eigenvalue weighted by Crippen LogP contribution is -2.47. The molecule has 574 valence electrons. The number of hydrogen-bond acceptors (Lipinski definition) is 18. The summed E-state index contributed by atoms with van der Waals surface area (Å²) < 4.78 is 11.2. The second-order valence-corrected chi connectivity index (χ2v) is 26.7. The predicted octanol–water partition coefficient (Wildman–Crippen LogP) is 9.57. The number of esters is 1. The van der Waals surface area contributed by atoms with Gasteiger partial charge in [-0.1, -0.05) is 132 Å². The van der Waals surface area contributed by atoms with Gasteiger partial charge < -0.3 is 90.8 Å². The first-order chi connectivity index (χ1) is 50.8. The number of fused-ring (bicyclic) bond motifs is 2. The Labute approximate surface area is 618 Å². The van der Waals surface area contributed by atoms with Gasteiger partial charge in [0.05, 0.1) is 19.1 Å². The third-order valence-electron chi connectivity index (χ3n) is 17.9. The minimum Gasteiger partial charge on any atom is -0.497 e. The monoisotopic (exact) mass is 1480 g/mol. The number of nitrogens with one attached hydrogen (secondary N) is 1. The fraction of sp³-hybridized carbons (Fsp3) is 0.434. The van der Waals surface area contributed by atoms with E-state index < -0.39 is 180 Å². The van der Waals surface area contributed by atoms with Gasteiger partial charge in [-0.15, -0.1) is 0 Å². The average Bonchev–Trinajstić information content (AvgIpc) is 1.63. The molecule has 4 aromatic carbocycles. The van der Waals surface area contributed by atoms with Crippen LogP contribution in [0.2, 0.25) is 0 Å². The van der Waals surface area contributed by atoms with Gasteiger partial charge in [-0.2, -0.15) is 0 Å². The van der Waals surface area contributed by atoms with Gasteiger partial charge in [0.1, 0.15) is 60.8 Å². The molecule has 15 N–H and O–H groups in total. The van der Waals surface area contributed by atoms with Crippen molar-refractivity contribution in [3.05, 3.63) is 149 Å². The number of rotatable bonds is 17. The molecule has 1 unspecified atom stereocenters. The van der Waals surface area contributed by atoms with E-state index in [1.54, 1.807) is 137 Å². The highest BCUT2D eigenvalue weighted by Gasteiger charge is 2.42. The highest BCUT2D eigenvalue weighted by molar-refractivity contribution is 5.98. The first kappa shape index (κ1) is 83.0. The molecule has 15 atom stereocenters. The number of carbonyl (C=O) groups excluding carboxylic acids is 2. The van der Waals surface area contributed by atoms with Crippen molar-refractivity contribution in [2.75, 3.05) is 20.2 Å². The fourth-order valence-corrected chi connectivity index (χ4v) is 11.8. The van der Waals surface area contributed by atoms with E-state index in [2.05, 4.69) is 54.9 Å². The van der Waals surface area contributed by atoms with Crippen molar-refractivity contribution in [3.8, 4) is 5.75 Å². The molecule has 1 fully saturated rings.